The molecule has 4 heterocycles. The van der Waals surface area contributed by atoms with E-state index >= 15 is 0 Å². The smallest absolute Gasteiger partial charge is 0.180 e. The Labute approximate surface area is 177 Å². The normalized spacial score (nSPS) is 13.7. The summed E-state index contributed by atoms with van der Waals surface area (Å²) in [6.07, 6.45) is 9.51. The molecule has 0 amide bonds. The SMILES string of the molecule is Fc1ccccc1Cn1nc(-c2ncc(-c3cn[nH]c3C3CC3)cn2)c2cccnc21. The Bertz CT molecular complexity index is 1380. The molecule has 0 radical (unpaired) electrons. The number of fused-ring (bicyclic) bond motifs is 1. The van der Waals surface area contributed by atoms with E-state index in [0.717, 1.165) is 22.2 Å². The zero-order valence-corrected chi connectivity index (χ0v) is 16.5. The molecule has 1 aromatic carbocycles. The highest BCUT2D eigenvalue weighted by molar-refractivity contribution is 5.89. The monoisotopic (exact) mass is 411 g/mol. The van der Waals surface area contributed by atoms with E-state index in [0.29, 0.717) is 28.6 Å². The molecule has 0 spiro atoms. The van der Waals surface area contributed by atoms with E-state index < -0.39 is 0 Å². The molecular weight excluding hydrogens is 393 g/mol. The molecule has 8 heteroatoms. The van der Waals surface area contributed by atoms with Gasteiger partial charge in [0.05, 0.1) is 18.1 Å². The molecule has 5 aromatic rings. The average Bonchev–Trinajstić information content (AvgIpc) is 3.42. The molecule has 0 bridgehead atoms. The lowest BCUT2D eigenvalue weighted by molar-refractivity contribution is 0.589. The standard InChI is InChI=1S/C23H18FN7/c24-19-6-2-1-4-15(19)13-31-23-17(5-3-9-25-23)21(30-31)22-26-10-16(11-27-22)18-12-28-29-20(18)14-7-8-14/h1-6,9-12,14H,7-8,13H2,(H,28,29). The largest absolute Gasteiger partial charge is 0.282 e. The van der Waals surface area contributed by atoms with Gasteiger partial charge >= 0.3 is 0 Å². The number of aromatic nitrogens is 7. The number of hydrogen-bond acceptors (Lipinski definition) is 5. The van der Waals surface area contributed by atoms with Crippen LogP contribution in [0.3, 0.4) is 0 Å². The second-order valence-electron chi connectivity index (χ2n) is 7.74. The predicted molar refractivity (Wildman–Crippen MR) is 114 cm³/mol. The van der Waals surface area contributed by atoms with Crippen LogP contribution in [0.15, 0.2) is 61.2 Å². The highest BCUT2D eigenvalue weighted by Gasteiger charge is 2.28. The second-order valence-corrected chi connectivity index (χ2v) is 7.74. The van der Waals surface area contributed by atoms with Crippen LogP contribution in [0, 0.1) is 5.82 Å². The van der Waals surface area contributed by atoms with Crippen molar-refractivity contribution in [2.45, 2.75) is 25.3 Å². The van der Waals surface area contributed by atoms with Crippen molar-refractivity contribution in [3.8, 4) is 22.6 Å². The molecule has 31 heavy (non-hydrogen) atoms. The lowest BCUT2D eigenvalue weighted by Crippen LogP contribution is -2.04. The predicted octanol–water partition coefficient (Wildman–Crippen LogP) is 4.34. The quantitative estimate of drug-likeness (QED) is 0.465. The first-order valence-electron chi connectivity index (χ1n) is 10.2. The fraction of sp³-hybridized carbons (Fsp3) is 0.174. The fourth-order valence-corrected chi connectivity index (χ4v) is 3.87. The van der Waals surface area contributed by atoms with Gasteiger partial charge < -0.3 is 0 Å². The summed E-state index contributed by atoms with van der Waals surface area (Å²) in [5, 5.41) is 12.8. The van der Waals surface area contributed by atoms with Crippen LogP contribution in [0.2, 0.25) is 0 Å². The molecule has 1 N–H and O–H groups in total. The number of nitrogens with zero attached hydrogens (tertiary/aromatic N) is 6. The average molecular weight is 411 g/mol. The molecule has 4 aromatic heterocycles. The number of rotatable bonds is 5. The van der Waals surface area contributed by atoms with Gasteiger partial charge in [-0.15, -0.1) is 0 Å². The maximum Gasteiger partial charge on any atom is 0.180 e. The molecule has 152 valence electrons. The number of halogens is 1. The third-order valence-electron chi connectivity index (χ3n) is 5.61. The summed E-state index contributed by atoms with van der Waals surface area (Å²) in [5.41, 5.74) is 4.96. The summed E-state index contributed by atoms with van der Waals surface area (Å²) < 4.78 is 15.9. The van der Waals surface area contributed by atoms with Crippen molar-refractivity contribution in [1.82, 2.24) is 34.9 Å². The lowest BCUT2D eigenvalue weighted by Gasteiger charge is -2.04. The van der Waals surface area contributed by atoms with Crippen molar-refractivity contribution in [2.75, 3.05) is 0 Å². The third kappa shape index (κ3) is 3.16. The van der Waals surface area contributed by atoms with E-state index in [1.807, 2.05) is 24.4 Å². The number of hydrogen-bond donors (Lipinski definition) is 1. The lowest BCUT2D eigenvalue weighted by atomic mass is 10.1. The van der Waals surface area contributed by atoms with Gasteiger partial charge in [-0.2, -0.15) is 10.2 Å². The van der Waals surface area contributed by atoms with Crippen LogP contribution >= 0.6 is 0 Å². The Morgan fingerprint density at radius 3 is 2.65 bits per heavy atom. The Kier molecular flexibility index (Phi) is 4.09. The summed E-state index contributed by atoms with van der Waals surface area (Å²) in [6, 6.07) is 10.5. The van der Waals surface area contributed by atoms with Crippen LogP contribution in [0.5, 0.6) is 0 Å². The van der Waals surface area contributed by atoms with Gasteiger partial charge in [0.25, 0.3) is 0 Å². The molecule has 0 unspecified atom stereocenters. The van der Waals surface area contributed by atoms with Crippen molar-refractivity contribution in [3.05, 3.63) is 78.3 Å². The van der Waals surface area contributed by atoms with Crippen LogP contribution in [-0.2, 0) is 6.54 Å². The van der Waals surface area contributed by atoms with Crippen LogP contribution < -0.4 is 0 Å². The molecule has 0 atom stereocenters. The van der Waals surface area contributed by atoms with E-state index in [4.69, 9.17) is 0 Å². The molecule has 1 aliphatic rings. The van der Waals surface area contributed by atoms with Gasteiger partial charge in [0.2, 0.25) is 0 Å². The molecule has 0 aliphatic heterocycles. The first-order valence-corrected chi connectivity index (χ1v) is 10.2. The number of benzene rings is 1. The zero-order chi connectivity index (χ0) is 20.8. The van der Waals surface area contributed by atoms with Gasteiger partial charge in [0, 0.05) is 46.9 Å². The van der Waals surface area contributed by atoms with Crippen molar-refractivity contribution in [3.63, 3.8) is 0 Å². The minimum atomic E-state index is -0.268. The Hall–Kier alpha value is -3.94. The van der Waals surface area contributed by atoms with E-state index in [-0.39, 0.29) is 12.4 Å². The van der Waals surface area contributed by atoms with E-state index in [1.165, 1.54) is 18.9 Å². The van der Waals surface area contributed by atoms with E-state index in [1.54, 1.807) is 35.4 Å². The highest BCUT2D eigenvalue weighted by atomic mass is 19.1. The minimum absolute atomic E-state index is 0.268. The molecular formula is C23H18FN7. The Morgan fingerprint density at radius 2 is 1.84 bits per heavy atom. The number of aromatic amines is 1. The first kappa shape index (κ1) is 17.9. The number of H-pyrrole nitrogens is 1. The zero-order valence-electron chi connectivity index (χ0n) is 16.5. The summed E-state index contributed by atoms with van der Waals surface area (Å²) in [7, 11) is 0. The van der Waals surface area contributed by atoms with E-state index in [9.17, 15) is 4.39 Å². The molecule has 6 rings (SSSR count). The van der Waals surface area contributed by atoms with E-state index in [2.05, 4.69) is 30.2 Å². The fourth-order valence-electron chi connectivity index (χ4n) is 3.87. The van der Waals surface area contributed by atoms with Crippen molar-refractivity contribution in [1.29, 1.82) is 0 Å². The van der Waals surface area contributed by atoms with Gasteiger partial charge in [-0.25, -0.2) is 24.0 Å². The summed E-state index contributed by atoms with van der Waals surface area (Å²) in [5.74, 6) is 0.794. The Morgan fingerprint density at radius 1 is 1.00 bits per heavy atom. The maximum atomic E-state index is 14.2. The van der Waals surface area contributed by atoms with Gasteiger partial charge in [0.1, 0.15) is 11.5 Å². The van der Waals surface area contributed by atoms with Crippen molar-refractivity contribution in [2.24, 2.45) is 0 Å². The van der Waals surface area contributed by atoms with Crippen LogP contribution in [0.4, 0.5) is 4.39 Å². The van der Waals surface area contributed by atoms with Crippen LogP contribution in [0.1, 0.15) is 30.0 Å². The molecule has 1 fully saturated rings. The summed E-state index contributed by atoms with van der Waals surface area (Å²) in [6.45, 7) is 0.276. The minimum Gasteiger partial charge on any atom is -0.282 e. The highest BCUT2D eigenvalue weighted by Crippen LogP contribution is 2.43. The molecule has 7 nitrogen and oxygen atoms in total. The van der Waals surface area contributed by atoms with Gasteiger partial charge in [-0.05, 0) is 31.0 Å². The van der Waals surface area contributed by atoms with Gasteiger partial charge in [0.15, 0.2) is 11.5 Å². The van der Waals surface area contributed by atoms with Crippen LogP contribution in [0.25, 0.3) is 33.7 Å². The Balaban J connectivity index is 1.39. The number of pyridine rings is 1. The van der Waals surface area contributed by atoms with Crippen molar-refractivity contribution < 1.29 is 4.39 Å². The summed E-state index contributed by atoms with van der Waals surface area (Å²) >= 11 is 0. The van der Waals surface area contributed by atoms with Gasteiger partial charge in [-0.3, -0.25) is 5.10 Å². The number of nitrogens with one attached hydrogen (secondary N) is 1. The topological polar surface area (TPSA) is 85.2 Å². The third-order valence-corrected chi connectivity index (χ3v) is 5.61. The maximum absolute atomic E-state index is 14.2. The summed E-state index contributed by atoms with van der Waals surface area (Å²) in [4.78, 5) is 13.6. The second kappa shape index (κ2) is 7.09. The molecule has 0 saturated heterocycles. The van der Waals surface area contributed by atoms with Gasteiger partial charge in [-0.1, -0.05) is 18.2 Å². The first-order chi connectivity index (χ1) is 15.3. The molecule has 1 saturated carbocycles. The van der Waals surface area contributed by atoms with Crippen molar-refractivity contribution >= 4 is 11.0 Å². The van der Waals surface area contributed by atoms with Crippen LogP contribution in [-0.4, -0.2) is 34.9 Å². The molecule has 1 aliphatic carbocycles.